The number of nitrogens with zero attached hydrogens (tertiary/aromatic N) is 1. The van der Waals surface area contributed by atoms with Crippen LogP contribution in [0.15, 0.2) is 28.7 Å². The van der Waals surface area contributed by atoms with E-state index in [1.54, 1.807) is 6.07 Å². The van der Waals surface area contributed by atoms with Gasteiger partial charge in [-0.1, -0.05) is 0 Å². The number of furan rings is 1. The van der Waals surface area contributed by atoms with Crippen LogP contribution in [0, 0.1) is 17.8 Å². The molecule has 1 aliphatic carbocycles. The Labute approximate surface area is 214 Å². The molecule has 3 rings (SSSR count). The van der Waals surface area contributed by atoms with Crippen molar-refractivity contribution in [3.8, 4) is 17.1 Å². The topological polar surface area (TPSA) is 160 Å². The van der Waals surface area contributed by atoms with Crippen molar-refractivity contribution < 1.29 is 42.4 Å². The molecule has 9 heteroatoms. The van der Waals surface area contributed by atoms with Crippen molar-refractivity contribution >= 4 is 17.3 Å². The Bertz CT molecular complexity index is 1090. The summed E-state index contributed by atoms with van der Waals surface area (Å²) in [7, 11) is 3.88. The van der Waals surface area contributed by atoms with Crippen LogP contribution >= 0.6 is 0 Å². The number of benzene rings is 1. The Balaban J connectivity index is 0.00000456. The van der Waals surface area contributed by atoms with Gasteiger partial charge in [0.1, 0.15) is 28.8 Å². The van der Waals surface area contributed by atoms with Crippen LogP contribution in [0.3, 0.4) is 0 Å². The van der Waals surface area contributed by atoms with Crippen molar-refractivity contribution in [2.24, 2.45) is 17.8 Å². The number of aliphatic hydroxyl groups is 2. The lowest BCUT2D eigenvalue weighted by Crippen LogP contribution is -2.32. The van der Waals surface area contributed by atoms with E-state index in [0.717, 1.165) is 11.3 Å². The molecule has 0 saturated heterocycles. The molecule has 1 aromatic carbocycles. The standard InChI is InChI=1S/C27H35NO7.H2O.2H2/c1-16(31)10-24(33)22(15-30)18(8-9-29)11-17-12-21-20(5-6-23(32)27(21)25(34)13-17)26-7-4-19(35-26)14-28(2)3;;;/h4-7,17-18,22,29-30,32H,8-15H2,1-3H3;1H2;2*1H. The minimum absolute atomic E-state index is 0. The highest BCUT2D eigenvalue weighted by Gasteiger charge is 2.35. The van der Waals surface area contributed by atoms with E-state index in [0.29, 0.717) is 36.3 Å². The maximum Gasteiger partial charge on any atom is 0.167 e. The van der Waals surface area contributed by atoms with E-state index in [9.17, 15) is 29.7 Å². The zero-order valence-electron chi connectivity index (χ0n) is 21.1. The smallest absolute Gasteiger partial charge is 0.167 e. The first-order valence-electron chi connectivity index (χ1n) is 12.0. The third-order valence-electron chi connectivity index (χ3n) is 6.67. The molecule has 5 N–H and O–H groups in total. The number of carbonyl (C=O) groups is 3. The van der Waals surface area contributed by atoms with Gasteiger partial charge in [-0.2, -0.15) is 0 Å². The second kappa shape index (κ2) is 12.9. The number of hydrogen-bond donors (Lipinski definition) is 3. The van der Waals surface area contributed by atoms with Crippen LogP contribution in [0.5, 0.6) is 5.75 Å². The number of aliphatic hydroxyl groups excluding tert-OH is 2. The minimum atomic E-state index is -0.773. The van der Waals surface area contributed by atoms with Gasteiger partial charge in [-0.25, -0.2) is 0 Å². The first-order valence-corrected chi connectivity index (χ1v) is 12.0. The van der Waals surface area contributed by atoms with Gasteiger partial charge >= 0.3 is 0 Å². The summed E-state index contributed by atoms with van der Waals surface area (Å²) in [5, 5.41) is 30.0. The second-order valence-electron chi connectivity index (χ2n) is 9.83. The number of phenols is 1. The fourth-order valence-corrected chi connectivity index (χ4v) is 5.17. The summed E-state index contributed by atoms with van der Waals surface area (Å²) in [6, 6.07) is 7.01. The van der Waals surface area contributed by atoms with Crippen LogP contribution in [0.4, 0.5) is 0 Å². The van der Waals surface area contributed by atoms with Gasteiger partial charge in [-0.3, -0.25) is 14.4 Å². The summed E-state index contributed by atoms with van der Waals surface area (Å²) in [6.07, 6.45) is 1.13. The Morgan fingerprint density at radius 1 is 1.17 bits per heavy atom. The quantitative estimate of drug-likeness (QED) is 0.370. The molecule has 1 aliphatic rings. The second-order valence-corrected chi connectivity index (χ2v) is 9.83. The number of hydrogen-bond acceptors (Lipinski definition) is 8. The van der Waals surface area contributed by atoms with Crippen molar-refractivity contribution in [2.45, 2.75) is 45.6 Å². The Morgan fingerprint density at radius 3 is 2.50 bits per heavy atom. The van der Waals surface area contributed by atoms with Gasteiger partial charge in [0.25, 0.3) is 0 Å². The largest absolute Gasteiger partial charge is 0.507 e. The highest BCUT2D eigenvalue weighted by molar-refractivity contribution is 6.03. The monoisotopic (exact) mass is 507 g/mol. The summed E-state index contributed by atoms with van der Waals surface area (Å²) in [5.74, 6) is -0.766. The van der Waals surface area contributed by atoms with E-state index in [4.69, 9.17) is 4.42 Å². The van der Waals surface area contributed by atoms with Gasteiger partial charge < -0.3 is 30.1 Å². The molecule has 9 nitrogen and oxygen atoms in total. The zero-order valence-corrected chi connectivity index (χ0v) is 21.1. The first kappa shape index (κ1) is 29.4. The fourth-order valence-electron chi connectivity index (χ4n) is 5.17. The highest BCUT2D eigenvalue weighted by Crippen LogP contribution is 2.41. The highest BCUT2D eigenvalue weighted by atomic mass is 16.3. The van der Waals surface area contributed by atoms with E-state index in [-0.39, 0.29) is 69.1 Å². The van der Waals surface area contributed by atoms with Crippen LogP contribution in [-0.4, -0.2) is 70.4 Å². The van der Waals surface area contributed by atoms with Gasteiger partial charge in [-0.15, -0.1) is 0 Å². The molecule has 1 heterocycles. The van der Waals surface area contributed by atoms with Crippen molar-refractivity contribution in [3.63, 3.8) is 0 Å². The molecule has 1 aromatic heterocycles. The van der Waals surface area contributed by atoms with Crippen molar-refractivity contribution in [2.75, 3.05) is 27.3 Å². The third-order valence-corrected chi connectivity index (χ3v) is 6.67. The Morgan fingerprint density at radius 2 is 1.89 bits per heavy atom. The number of aromatic hydroxyl groups is 1. The van der Waals surface area contributed by atoms with Crippen LogP contribution in [0.1, 0.15) is 57.1 Å². The average Bonchev–Trinajstić information content (AvgIpc) is 3.21. The number of Topliss-reactive ketones (excluding diaryl/α,β-unsaturated/α-hetero) is 3. The molecule has 3 atom stereocenters. The van der Waals surface area contributed by atoms with Crippen LogP contribution in [-0.2, 0) is 22.6 Å². The predicted molar refractivity (Wildman–Crippen MR) is 138 cm³/mol. The van der Waals surface area contributed by atoms with E-state index < -0.39 is 12.5 Å². The number of fused-ring (bicyclic) bond motifs is 1. The summed E-state index contributed by atoms with van der Waals surface area (Å²) in [4.78, 5) is 39.1. The Kier molecular flexibility index (Phi) is 10.5. The van der Waals surface area contributed by atoms with E-state index in [1.807, 2.05) is 31.1 Å². The molecule has 0 radical (unpaired) electrons. The number of carbonyl (C=O) groups excluding carboxylic acids is 3. The molecular formula is C27H41NO8. The lowest BCUT2D eigenvalue weighted by Gasteiger charge is -2.31. The number of ketones is 3. The molecule has 36 heavy (non-hydrogen) atoms. The SMILES string of the molecule is CC(=O)CC(=O)C(CO)C(CCO)CC1CC(=O)c2c(O)ccc(-c3ccc(CN(C)C)o3)c2C1.O.[HH].[HH]. The molecule has 202 valence electrons. The molecular weight excluding hydrogens is 466 g/mol. The van der Waals surface area contributed by atoms with Crippen molar-refractivity contribution in [3.05, 3.63) is 41.2 Å². The van der Waals surface area contributed by atoms with Crippen LogP contribution in [0.25, 0.3) is 11.3 Å². The summed E-state index contributed by atoms with van der Waals surface area (Å²) in [5.41, 5.74) is 1.75. The van der Waals surface area contributed by atoms with Crippen molar-refractivity contribution in [1.29, 1.82) is 0 Å². The molecule has 0 bridgehead atoms. The normalized spacial score (nSPS) is 16.8. The lowest BCUT2D eigenvalue weighted by atomic mass is 9.72. The van der Waals surface area contributed by atoms with E-state index >= 15 is 0 Å². The van der Waals surface area contributed by atoms with Gasteiger partial charge in [0, 0.05) is 27.4 Å². The van der Waals surface area contributed by atoms with Crippen LogP contribution in [0.2, 0.25) is 0 Å². The lowest BCUT2D eigenvalue weighted by molar-refractivity contribution is -0.131. The molecule has 0 saturated carbocycles. The minimum Gasteiger partial charge on any atom is -0.507 e. The molecule has 0 spiro atoms. The molecule has 3 unspecified atom stereocenters. The van der Waals surface area contributed by atoms with Gasteiger partial charge in [0.05, 0.1) is 25.1 Å². The Hall–Kier alpha value is -2.85. The maximum absolute atomic E-state index is 13.1. The van der Waals surface area contributed by atoms with Gasteiger partial charge in [0.2, 0.25) is 0 Å². The molecule has 2 aromatic rings. The number of phenolic OH excluding ortho intramolecular Hbond substituents is 1. The van der Waals surface area contributed by atoms with E-state index in [1.165, 1.54) is 13.0 Å². The summed E-state index contributed by atoms with van der Waals surface area (Å²) in [6.45, 7) is 1.37. The first-order chi connectivity index (χ1) is 16.6. The average molecular weight is 508 g/mol. The van der Waals surface area contributed by atoms with Gasteiger partial charge in [-0.05, 0) is 81.9 Å². The number of rotatable bonds is 12. The van der Waals surface area contributed by atoms with Gasteiger partial charge in [0.15, 0.2) is 5.78 Å². The third kappa shape index (κ3) is 6.88. The van der Waals surface area contributed by atoms with Crippen molar-refractivity contribution in [1.82, 2.24) is 4.90 Å². The molecule has 0 aliphatic heterocycles. The molecule has 0 fully saturated rings. The fraction of sp³-hybridized carbons (Fsp3) is 0.519. The summed E-state index contributed by atoms with van der Waals surface area (Å²) >= 11 is 0. The van der Waals surface area contributed by atoms with Crippen LogP contribution < -0.4 is 0 Å². The van der Waals surface area contributed by atoms with E-state index in [2.05, 4.69) is 0 Å². The molecule has 0 amide bonds. The zero-order chi connectivity index (χ0) is 25.7. The summed E-state index contributed by atoms with van der Waals surface area (Å²) < 4.78 is 6.02. The maximum atomic E-state index is 13.1. The predicted octanol–water partition coefficient (Wildman–Crippen LogP) is 2.67.